The lowest BCUT2D eigenvalue weighted by atomic mass is 10.1. The average molecular weight is 568 g/mol. The van der Waals surface area contributed by atoms with E-state index in [0.29, 0.717) is 37.9 Å². The van der Waals surface area contributed by atoms with Crippen molar-refractivity contribution >= 4 is 23.6 Å². The average Bonchev–Trinajstić information content (AvgIpc) is 2.98. The third-order valence-corrected chi connectivity index (χ3v) is 7.97. The number of amides is 1. The van der Waals surface area contributed by atoms with E-state index < -0.39 is 0 Å². The third-order valence-electron chi connectivity index (χ3n) is 7.97. The highest BCUT2D eigenvalue weighted by atomic mass is 16.5. The summed E-state index contributed by atoms with van der Waals surface area (Å²) < 4.78 is 9.40. The number of hydrogen-bond donors (Lipinski definition) is 1. The maximum atomic E-state index is 12.3. The van der Waals surface area contributed by atoms with Crippen molar-refractivity contribution in [3.05, 3.63) is 0 Å². The topological polar surface area (TPSA) is 112 Å². The molecule has 0 atom stereocenters. The fourth-order valence-corrected chi connectivity index (χ4v) is 5.14. The summed E-state index contributed by atoms with van der Waals surface area (Å²) >= 11 is 0. The molecule has 0 saturated carbocycles. The van der Waals surface area contributed by atoms with Crippen LogP contribution in [-0.4, -0.2) is 143 Å². The lowest BCUT2D eigenvalue weighted by molar-refractivity contribution is -0.142. The molecule has 0 aromatic heterocycles. The van der Waals surface area contributed by atoms with Gasteiger partial charge in [-0.15, -0.1) is 0 Å². The summed E-state index contributed by atoms with van der Waals surface area (Å²) in [6.07, 6.45) is 7.82. The molecule has 2 heterocycles. The highest BCUT2D eigenvalue weighted by Crippen LogP contribution is 2.09. The van der Waals surface area contributed by atoms with Crippen LogP contribution in [0.5, 0.6) is 0 Å². The number of Topliss-reactive ketones (excluding diaryl/α,β-unsaturated/α-hetero) is 1. The van der Waals surface area contributed by atoms with E-state index in [1.165, 1.54) is 14.2 Å². The number of rotatable bonds is 20. The molecule has 40 heavy (non-hydrogen) atoms. The highest BCUT2D eigenvalue weighted by Gasteiger charge is 2.19. The van der Waals surface area contributed by atoms with Gasteiger partial charge in [0.1, 0.15) is 5.78 Å². The standard InChI is InChI=1S/C29H53N5O6/c1-39-28(37)11-16-33-22-18-31(19-23-33)14-9-26(35)8-6-4-3-5-7-13-30-27(36)10-15-32-20-24-34(25-21-32)17-12-29(38)40-2/h3-25H2,1-2H3,(H,30,36). The van der Waals surface area contributed by atoms with Crippen molar-refractivity contribution < 1.29 is 28.7 Å². The van der Waals surface area contributed by atoms with Crippen molar-refractivity contribution in [2.45, 2.75) is 64.2 Å². The summed E-state index contributed by atoms with van der Waals surface area (Å²) in [4.78, 5) is 56.2. The number of ketones is 1. The lowest BCUT2D eigenvalue weighted by Gasteiger charge is -2.34. The molecule has 0 aromatic carbocycles. The summed E-state index contributed by atoms with van der Waals surface area (Å²) in [5, 5.41) is 3.03. The molecule has 2 aliphatic heterocycles. The third kappa shape index (κ3) is 15.6. The SMILES string of the molecule is COC(=O)CCN1CCN(CCC(=O)CCCCCCCNC(=O)CCN2CCN(CCC(=O)OC)CC2)CC1. The van der Waals surface area contributed by atoms with Crippen molar-refractivity contribution in [2.24, 2.45) is 0 Å². The first-order chi connectivity index (χ1) is 19.4. The number of esters is 2. The van der Waals surface area contributed by atoms with Gasteiger partial charge in [-0.05, 0) is 12.8 Å². The fraction of sp³-hybridized carbons (Fsp3) is 0.862. The van der Waals surface area contributed by atoms with Crippen LogP contribution in [0.4, 0.5) is 0 Å². The Bertz CT molecular complexity index is 689. The Morgan fingerprint density at radius 1 is 0.525 bits per heavy atom. The minimum absolute atomic E-state index is 0.112. The zero-order valence-corrected chi connectivity index (χ0v) is 25.0. The van der Waals surface area contributed by atoms with Crippen LogP contribution >= 0.6 is 0 Å². The number of carbonyl (C=O) groups is 4. The smallest absolute Gasteiger partial charge is 0.306 e. The van der Waals surface area contributed by atoms with Crippen LogP contribution in [-0.2, 0) is 28.7 Å². The number of ether oxygens (including phenoxy) is 2. The van der Waals surface area contributed by atoms with Gasteiger partial charge in [-0.25, -0.2) is 0 Å². The highest BCUT2D eigenvalue weighted by molar-refractivity contribution is 5.78. The first-order valence-electron chi connectivity index (χ1n) is 15.2. The Labute approximate surface area is 240 Å². The van der Waals surface area contributed by atoms with Crippen LogP contribution in [0.1, 0.15) is 64.2 Å². The second kappa shape index (κ2) is 20.7. The molecule has 1 N–H and O–H groups in total. The van der Waals surface area contributed by atoms with Gasteiger partial charge < -0.3 is 34.4 Å². The summed E-state index contributed by atoms with van der Waals surface area (Å²) in [6.45, 7) is 11.2. The number of carbonyl (C=O) groups excluding carboxylic acids is 4. The van der Waals surface area contributed by atoms with Crippen molar-refractivity contribution in [1.82, 2.24) is 24.9 Å². The quantitative estimate of drug-likeness (QED) is 0.170. The summed E-state index contributed by atoms with van der Waals surface area (Å²) in [6, 6.07) is 0. The molecule has 0 spiro atoms. The van der Waals surface area contributed by atoms with Crippen molar-refractivity contribution in [3.8, 4) is 0 Å². The minimum Gasteiger partial charge on any atom is -0.469 e. The Morgan fingerprint density at radius 3 is 1.40 bits per heavy atom. The van der Waals surface area contributed by atoms with Crippen LogP contribution in [0.3, 0.4) is 0 Å². The van der Waals surface area contributed by atoms with E-state index in [1.54, 1.807) is 0 Å². The molecule has 0 radical (unpaired) electrons. The van der Waals surface area contributed by atoms with Crippen molar-refractivity contribution in [1.29, 1.82) is 0 Å². The number of nitrogens with zero attached hydrogens (tertiary/aromatic N) is 4. The van der Waals surface area contributed by atoms with E-state index in [4.69, 9.17) is 9.47 Å². The van der Waals surface area contributed by atoms with E-state index in [2.05, 4.69) is 24.9 Å². The first kappa shape index (κ1) is 34.1. The fourth-order valence-electron chi connectivity index (χ4n) is 5.14. The van der Waals surface area contributed by atoms with Gasteiger partial charge in [-0.1, -0.05) is 19.3 Å². The van der Waals surface area contributed by atoms with E-state index in [1.807, 2.05) is 0 Å². The van der Waals surface area contributed by atoms with Crippen molar-refractivity contribution in [3.63, 3.8) is 0 Å². The molecule has 1 amide bonds. The largest absolute Gasteiger partial charge is 0.469 e. The normalized spacial score (nSPS) is 17.4. The minimum atomic E-state index is -0.169. The van der Waals surface area contributed by atoms with E-state index >= 15 is 0 Å². The van der Waals surface area contributed by atoms with E-state index in [0.717, 1.165) is 117 Å². The Hall–Kier alpha value is -2.08. The van der Waals surface area contributed by atoms with Gasteiger partial charge in [0, 0.05) is 104 Å². The Morgan fingerprint density at radius 2 is 0.925 bits per heavy atom. The van der Waals surface area contributed by atoms with Crippen LogP contribution in [0.15, 0.2) is 0 Å². The number of methoxy groups -OCH3 is 2. The van der Waals surface area contributed by atoms with Crippen LogP contribution in [0.25, 0.3) is 0 Å². The molecule has 0 unspecified atom stereocenters. The Balaban J connectivity index is 1.36. The van der Waals surface area contributed by atoms with Gasteiger partial charge in [0.05, 0.1) is 27.1 Å². The number of nitrogens with one attached hydrogen (secondary N) is 1. The van der Waals surface area contributed by atoms with E-state index in [-0.39, 0.29) is 17.8 Å². The lowest BCUT2D eigenvalue weighted by Crippen LogP contribution is -2.47. The maximum Gasteiger partial charge on any atom is 0.306 e. The monoisotopic (exact) mass is 567 g/mol. The number of unbranched alkanes of at least 4 members (excludes halogenated alkanes) is 4. The zero-order chi connectivity index (χ0) is 29.0. The van der Waals surface area contributed by atoms with Crippen LogP contribution in [0.2, 0.25) is 0 Å². The van der Waals surface area contributed by atoms with Crippen molar-refractivity contribution in [2.75, 3.05) is 99.3 Å². The zero-order valence-electron chi connectivity index (χ0n) is 25.0. The summed E-state index contributed by atoms with van der Waals surface area (Å²) in [7, 11) is 2.84. The molecule has 0 bridgehead atoms. The van der Waals surface area contributed by atoms with Crippen LogP contribution in [0, 0.1) is 0 Å². The molecule has 0 aliphatic carbocycles. The predicted octanol–water partition coefficient (Wildman–Crippen LogP) is 1.15. The molecule has 2 aliphatic rings. The first-order valence-corrected chi connectivity index (χ1v) is 15.2. The molecule has 2 saturated heterocycles. The number of piperazine rings is 2. The van der Waals surface area contributed by atoms with Gasteiger partial charge in [-0.3, -0.25) is 19.2 Å². The molecular formula is C29H53N5O6. The molecule has 2 rings (SSSR count). The summed E-state index contributed by atoms with van der Waals surface area (Å²) in [5.41, 5.74) is 0. The van der Waals surface area contributed by atoms with Gasteiger partial charge in [0.25, 0.3) is 0 Å². The molecule has 11 nitrogen and oxygen atoms in total. The summed E-state index contributed by atoms with van der Waals surface area (Å²) in [5.74, 6) is 0.130. The molecular weight excluding hydrogens is 514 g/mol. The van der Waals surface area contributed by atoms with E-state index in [9.17, 15) is 19.2 Å². The molecule has 0 aromatic rings. The Kier molecular flexibility index (Phi) is 17.7. The maximum absolute atomic E-state index is 12.3. The molecule has 11 heteroatoms. The second-order valence-corrected chi connectivity index (χ2v) is 10.9. The molecule has 2 fully saturated rings. The second-order valence-electron chi connectivity index (χ2n) is 10.9. The van der Waals surface area contributed by atoms with Crippen LogP contribution < -0.4 is 5.32 Å². The van der Waals surface area contributed by atoms with Gasteiger partial charge in [-0.2, -0.15) is 0 Å². The predicted molar refractivity (Wildman–Crippen MR) is 154 cm³/mol. The van der Waals surface area contributed by atoms with Gasteiger partial charge in [0.15, 0.2) is 0 Å². The van der Waals surface area contributed by atoms with Gasteiger partial charge in [0.2, 0.25) is 5.91 Å². The number of hydrogen-bond acceptors (Lipinski definition) is 10. The molecule has 230 valence electrons. The van der Waals surface area contributed by atoms with Gasteiger partial charge >= 0.3 is 11.9 Å².